The standard InChI is InChI=1S/C15H15ClN4O/c1-9-10(2)18-15(16)19-14(9)20-7-6-17-12-8-11(21-3)4-5-13(12)20/h4-6,8H,7H2,1-3H3. The van der Waals surface area contributed by atoms with Crippen LogP contribution in [0.25, 0.3) is 0 Å². The summed E-state index contributed by atoms with van der Waals surface area (Å²) in [5.41, 5.74) is 3.72. The monoisotopic (exact) mass is 302 g/mol. The quantitative estimate of drug-likeness (QED) is 0.795. The fourth-order valence-electron chi connectivity index (χ4n) is 2.32. The van der Waals surface area contributed by atoms with Crippen LogP contribution in [0.15, 0.2) is 23.2 Å². The molecule has 0 amide bonds. The third-order valence-electron chi connectivity index (χ3n) is 3.56. The highest BCUT2D eigenvalue weighted by Crippen LogP contribution is 2.39. The minimum atomic E-state index is 0.255. The van der Waals surface area contributed by atoms with E-state index in [1.165, 1.54) is 0 Å². The number of anilines is 2. The van der Waals surface area contributed by atoms with Gasteiger partial charge in [-0.2, -0.15) is 4.98 Å². The maximum atomic E-state index is 6.01. The van der Waals surface area contributed by atoms with Crippen molar-refractivity contribution < 1.29 is 4.74 Å². The molecule has 108 valence electrons. The van der Waals surface area contributed by atoms with Gasteiger partial charge in [-0.15, -0.1) is 0 Å². The summed E-state index contributed by atoms with van der Waals surface area (Å²) in [6.45, 7) is 4.57. The molecule has 5 nitrogen and oxygen atoms in total. The van der Waals surface area contributed by atoms with E-state index in [1.54, 1.807) is 7.11 Å². The largest absolute Gasteiger partial charge is 0.497 e. The van der Waals surface area contributed by atoms with Gasteiger partial charge in [-0.05, 0) is 37.6 Å². The van der Waals surface area contributed by atoms with Gasteiger partial charge < -0.3 is 9.64 Å². The first-order valence-electron chi connectivity index (χ1n) is 6.59. The molecule has 0 aliphatic carbocycles. The number of hydrogen-bond donors (Lipinski definition) is 0. The maximum absolute atomic E-state index is 6.01. The number of halogens is 1. The van der Waals surface area contributed by atoms with Gasteiger partial charge in [-0.3, -0.25) is 4.99 Å². The highest BCUT2D eigenvalue weighted by molar-refractivity contribution is 6.28. The molecule has 0 saturated carbocycles. The number of rotatable bonds is 2. The van der Waals surface area contributed by atoms with Crippen LogP contribution in [0.2, 0.25) is 5.28 Å². The Hall–Kier alpha value is -2.14. The van der Waals surface area contributed by atoms with E-state index in [2.05, 4.69) is 19.9 Å². The number of methoxy groups -OCH3 is 1. The molecule has 0 unspecified atom stereocenters. The number of fused-ring (bicyclic) bond motifs is 1. The van der Waals surface area contributed by atoms with E-state index in [-0.39, 0.29) is 5.28 Å². The highest BCUT2D eigenvalue weighted by Gasteiger charge is 2.21. The van der Waals surface area contributed by atoms with Crippen LogP contribution in [0.4, 0.5) is 17.2 Å². The molecule has 0 spiro atoms. The van der Waals surface area contributed by atoms with Crippen molar-refractivity contribution in [1.82, 2.24) is 9.97 Å². The Labute approximate surface area is 128 Å². The second kappa shape index (κ2) is 5.33. The summed E-state index contributed by atoms with van der Waals surface area (Å²) in [5.74, 6) is 1.59. The average Bonchev–Trinajstić information content (AvgIpc) is 2.49. The minimum absolute atomic E-state index is 0.255. The van der Waals surface area contributed by atoms with Crippen molar-refractivity contribution in [3.05, 3.63) is 34.7 Å². The number of aryl methyl sites for hydroxylation is 1. The zero-order valence-electron chi connectivity index (χ0n) is 12.1. The Balaban J connectivity index is 2.12. The number of ether oxygens (including phenoxy) is 1. The van der Waals surface area contributed by atoms with Crippen LogP contribution in [-0.2, 0) is 0 Å². The van der Waals surface area contributed by atoms with Crippen molar-refractivity contribution in [2.45, 2.75) is 13.8 Å². The molecular weight excluding hydrogens is 288 g/mol. The molecule has 0 N–H and O–H groups in total. The Kier molecular flexibility index (Phi) is 3.51. The van der Waals surface area contributed by atoms with E-state index in [9.17, 15) is 0 Å². The molecule has 0 radical (unpaired) electrons. The van der Waals surface area contributed by atoms with Gasteiger partial charge in [0.1, 0.15) is 11.6 Å². The third-order valence-corrected chi connectivity index (χ3v) is 3.73. The van der Waals surface area contributed by atoms with Gasteiger partial charge in [0, 0.05) is 23.5 Å². The molecule has 1 aromatic carbocycles. The van der Waals surface area contributed by atoms with Gasteiger partial charge in [0.15, 0.2) is 0 Å². The zero-order valence-corrected chi connectivity index (χ0v) is 12.8. The Morgan fingerprint density at radius 1 is 1.24 bits per heavy atom. The molecule has 1 aliphatic heterocycles. The SMILES string of the molecule is COc1ccc2c(c1)N=CCN2c1nc(Cl)nc(C)c1C. The number of nitrogens with zero attached hydrogens (tertiary/aromatic N) is 4. The summed E-state index contributed by atoms with van der Waals surface area (Å²) in [6, 6.07) is 5.80. The van der Waals surface area contributed by atoms with E-state index in [4.69, 9.17) is 16.3 Å². The molecule has 21 heavy (non-hydrogen) atoms. The van der Waals surface area contributed by atoms with Crippen molar-refractivity contribution in [3.8, 4) is 5.75 Å². The van der Waals surface area contributed by atoms with E-state index in [1.807, 2.05) is 38.3 Å². The van der Waals surface area contributed by atoms with E-state index >= 15 is 0 Å². The van der Waals surface area contributed by atoms with Crippen LogP contribution in [-0.4, -0.2) is 29.8 Å². The molecule has 0 saturated heterocycles. The van der Waals surface area contributed by atoms with Crippen LogP contribution in [0, 0.1) is 13.8 Å². The number of aliphatic imine (C=N–C) groups is 1. The molecule has 6 heteroatoms. The van der Waals surface area contributed by atoms with Crippen LogP contribution in [0.3, 0.4) is 0 Å². The summed E-state index contributed by atoms with van der Waals surface area (Å²) in [6.07, 6.45) is 1.85. The Bertz CT molecular complexity index is 730. The lowest BCUT2D eigenvalue weighted by atomic mass is 10.1. The molecule has 1 aromatic heterocycles. The fraction of sp³-hybridized carbons (Fsp3) is 0.267. The lowest BCUT2D eigenvalue weighted by molar-refractivity contribution is 0.415. The summed E-state index contributed by atoms with van der Waals surface area (Å²) in [7, 11) is 1.64. The van der Waals surface area contributed by atoms with Gasteiger partial charge in [0.2, 0.25) is 5.28 Å². The van der Waals surface area contributed by atoms with Crippen LogP contribution in [0.5, 0.6) is 5.75 Å². The van der Waals surface area contributed by atoms with Crippen LogP contribution in [0.1, 0.15) is 11.3 Å². The summed E-state index contributed by atoms with van der Waals surface area (Å²) >= 11 is 6.01. The highest BCUT2D eigenvalue weighted by atomic mass is 35.5. The Morgan fingerprint density at radius 3 is 2.81 bits per heavy atom. The molecule has 0 atom stereocenters. The zero-order chi connectivity index (χ0) is 15.0. The summed E-state index contributed by atoms with van der Waals surface area (Å²) in [4.78, 5) is 15.1. The van der Waals surface area contributed by atoms with Gasteiger partial charge >= 0.3 is 0 Å². The molecular formula is C15H15ClN4O. The third kappa shape index (κ3) is 2.45. The molecule has 1 aliphatic rings. The van der Waals surface area contributed by atoms with Crippen LogP contribution < -0.4 is 9.64 Å². The Morgan fingerprint density at radius 2 is 2.05 bits per heavy atom. The van der Waals surface area contributed by atoms with Crippen molar-refractivity contribution in [3.63, 3.8) is 0 Å². The number of benzene rings is 1. The molecule has 2 heterocycles. The first-order valence-corrected chi connectivity index (χ1v) is 6.97. The van der Waals surface area contributed by atoms with Crippen molar-refractivity contribution in [1.29, 1.82) is 0 Å². The van der Waals surface area contributed by atoms with Crippen molar-refractivity contribution in [2.75, 3.05) is 18.6 Å². The van der Waals surface area contributed by atoms with E-state index in [0.29, 0.717) is 6.54 Å². The maximum Gasteiger partial charge on any atom is 0.224 e. The predicted octanol–water partition coefficient (Wildman–Crippen LogP) is 3.61. The topological polar surface area (TPSA) is 50.6 Å². The minimum Gasteiger partial charge on any atom is -0.497 e. The fourth-order valence-corrected chi connectivity index (χ4v) is 2.53. The van der Waals surface area contributed by atoms with Crippen LogP contribution >= 0.6 is 11.6 Å². The van der Waals surface area contributed by atoms with Gasteiger partial charge in [-0.25, -0.2) is 4.98 Å². The number of hydrogen-bond acceptors (Lipinski definition) is 5. The van der Waals surface area contributed by atoms with Crippen molar-refractivity contribution in [2.24, 2.45) is 4.99 Å². The lowest BCUT2D eigenvalue weighted by Gasteiger charge is -2.28. The molecule has 3 rings (SSSR count). The second-order valence-electron chi connectivity index (χ2n) is 4.80. The molecule has 2 aromatic rings. The smallest absolute Gasteiger partial charge is 0.224 e. The average molecular weight is 303 g/mol. The van der Waals surface area contributed by atoms with Crippen molar-refractivity contribution >= 4 is 35.0 Å². The summed E-state index contributed by atoms with van der Waals surface area (Å²) < 4.78 is 5.24. The van der Waals surface area contributed by atoms with E-state index < -0.39 is 0 Å². The summed E-state index contributed by atoms with van der Waals surface area (Å²) in [5, 5.41) is 0.255. The van der Waals surface area contributed by atoms with Gasteiger partial charge in [-0.1, -0.05) is 0 Å². The second-order valence-corrected chi connectivity index (χ2v) is 5.14. The predicted molar refractivity (Wildman–Crippen MR) is 84.7 cm³/mol. The normalized spacial score (nSPS) is 13.2. The first kappa shape index (κ1) is 13.8. The van der Waals surface area contributed by atoms with E-state index in [0.717, 1.165) is 34.2 Å². The number of aromatic nitrogens is 2. The molecule has 0 fully saturated rings. The van der Waals surface area contributed by atoms with Gasteiger partial charge in [0.25, 0.3) is 0 Å². The first-order chi connectivity index (χ1) is 10.1. The molecule has 0 bridgehead atoms. The lowest BCUT2D eigenvalue weighted by Crippen LogP contribution is -2.24. The van der Waals surface area contributed by atoms with Gasteiger partial charge in [0.05, 0.1) is 25.0 Å².